The summed E-state index contributed by atoms with van der Waals surface area (Å²) < 4.78 is 36.3. The molecular formula is C23H29N3O6S. The van der Waals surface area contributed by atoms with Crippen molar-refractivity contribution in [1.29, 1.82) is 0 Å². The molecule has 0 bridgehead atoms. The lowest BCUT2D eigenvalue weighted by Crippen LogP contribution is -2.17. The molecule has 178 valence electrons. The van der Waals surface area contributed by atoms with Crippen molar-refractivity contribution in [3.8, 4) is 17.2 Å². The highest BCUT2D eigenvalue weighted by Gasteiger charge is 2.14. The fraction of sp³-hybridized carbons (Fsp3) is 0.304. The van der Waals surface area contributed by atoms with Crippen LogP contribution in [0.1, 0.15) is 31.1 Å². The number of rotatable bonds is 8. The van der Waals surface area contributed by atoms with Crippen molar-refractivity contribution in [3.05, 3.63) is 60.3 Å². The van der Waals surface area contributed by atoms with Crippen molar-refractivity contribution in [1.82, 2.24) is 9.78 Å². The number of benzene rings is 2. The van der Waals surface area contributed by atoms with E-state index in [2.05, 4.69) is 10.4 Å². The molecule has 9 nitrogen and oxygen atoms in total. The van der Waals surface area contributed by atoms with Gasteiger partial charge in [0, 0.05) is 37.2 Å². The summed E-state index contributed by atoms with van der Waals surface area (Å²) in [5.74, 6) is 0.995. The van der Waals surface area contributed by atoms with Gasteiger partial charge >= 0.3 is 0 Å². The third kappa shape index (κ3) is 7.62. The van der Waals surface area contributed by atoms with E-state index in [1.165, 1.54) is 36.4 Å². The van der Waals surface area contributed by atoms with Crippen molar-refractivity contribution in [2.45, 2.75) is 31.8 Å². The van der Waals surface area contributed by atoms with Crippen LogP contribution in [0.5, 0.6) is 17.2 Å². The largest absolute Gasteiger partial charge is 0.488 e. The highest BCUT2D eigenvalue weighted by Crippen LogP contribution is 2.29. The molecular weight excluding hydrogens is 446 g/mol. The first-order valence-corrected chi connectivity index (χ1v) is 12.2. The Morgan fingerprint density at radius 3 is 2.27 bits per heavy atom. The smallest absolute Gasteiger partial charge is 0.257 e. The summed E-state index contributed by atoms with van der Waals surface area (Å²) in [6.45, 7) is 5.48. The van der Waals surface area contributed by atoms with E-state index in [1.54, 1.807) is 37.0 Å². The van der Waals surface area contributed by atoms with E-state index in [0.717, 1.165) is 6.26 Å². The van der Waals surface area contributed by atoms with Crippen LogP contribution in [0.2, 0.25) is 0 Å². The van der Waals surface area contributed by atoms with Crippen LogP contribution in [0.15, 0.2) is 59.6 Å². The summed E-state index contributed by atoms with van der Waals surface area (Å²) in [7, 11) is -1.58. The maximum absolute atomic E-state index is 12.7. The van der Waals surface area contributed by atoms with Gasteiger partial charge in [-0.1, -0.05) is 13.8 Å². The first-order chi connectivity index (χ1) is 15.6. The number of ether oxygens (including phenoxy) is 2. The van der Waals surface area contributed by atoms with Crippen molar-refractivity contribution in [3.63, 3.8) is 0 Å². The number of nitrogens with zero attached hydrogens (tertiary/aromatic N) is 2. The molecule has 0 aliphatic heterocycles. The molecule has 1 aromatic heterocycles. The number of aromatic nitrogens is 2. The number of sulfone groups is 1. The van der Waals surface area contributed by atoms with Crippen LogP contribution in [-0.4, -0.2) is 48.2 Å². The standard InChI is InChI=1S/C21H23N3O6S.C2H6/c1-14(13-25)29-17-10-15(21(26)22-20-8-9-24(2)23-20)11-18(12-17)30-16-4-6-19(7-5-16)31(3,27)28;1-2/h4-12,14,25H,13H2,1-3H3,(H,22,23,26);1-2H3. The minimum absolute atomic E-state index is 0.170. The molecule has 3 aromatic rings. The van der Waals surface area contributed by atoms with Gasteiger partial charge in [-0.2, -0.15) is 5.10 Å². The highest BCUT2D eigenvalue weighted by molar-refractivity contribution is 7.90. The Morgan fingerprint density at radius 1 is 1.09 bits per heavy atom. The minimum atomic E-state index is -3.32. The Kier molecular flexibility index (Phi) is 9.01. The zero-order chi connectivity index (χ0) is 24.6. The van der Waals surface area contributed by atoms with E-state index in [-0.39, 0.29) is 17.1 Å². The molecule has 2 N–H and O–H groups in total. The highest BCUT2D eigenvalue weighted by atomic mass is 32.2. The second-order valence-electron chi connectivity index (χ2n) is 6.98. The quantitative estimate of drug-likeness (QED) is 0.510. The molecule has 1 amide bonds. The van der Waals surface area contributed by atoms with Gasteiger partial charge in [-0.05, 0) is 43.3 Å². The number of hydrogen-bond donors (Lipinski definition) is 2. The molecule has 10 heteroatoms. The second-order valence-corrected chi connectivity index (χ2v) is 8.99. The fourth-order valence-electron chi connectivity index (χ4n) is 2.66. The summed E-state index contributed by atoms with van der Waals surface area (Å²) in [6, 6.07) is 12.2. The van der Waals surface area contributed by atoms with E-state index in [0.29, 0.717) is 23.1 Å². The second kappa shape index (κ2) is 11.5. The molecule has 33 heavy (non-hydrogen) atoms. The van der Waals surface area contributed by atoms with Gasteiger partial charge in [-0.15, -0.1) is 0 Å². The summed E-state index contributed by atoms with van der Waals surface area (Å²) >= 11 is 0. The molecule has 0 radical (unpaired) electrons. The minimum Gasteiger partial charge on any atom is -0.488 e. The van der Waals surface area contributed by atoms with E-state index >= 15 is 0 Å². The van der Waals surface area contributed by atoms with Crippen molar-refractivity contribution >= 4 is 21.6 Å². The topological polar surface area (TPSA) is 120 Å². The number of aliphatic hydroxyl groups is 1. The lowest BCUT2D eigenvalue weighted by molar-refractivity contribution is 0.102. The number of carbonyl (C=O) groups excluding carboxylic acids is 1. The number of carbonyl (C=O) groups is 1. The summed E-state index contributed by atoms with van der Waals surface area (Å²) in [5, 5.41) is 16.1. The average Bonchev–Trinajstić information content (AvgIpc) is 3.19. The number of aryl methyl sites for hydroxylation is 1. The third-order valence-corrected chi connectivity index (χ3v) is 5.31. The first-order valence-electron chi connectivity index (χ1n) is 10.4. The number of nitrogens with one attached hydrogen (secondary N) is 1. The first kappa shape index (κ1) is 25.9. The monoisotopic (exact) mass is 475 g/mol. The van der Waals surface area contributed by atoms with Gasteiger partial charge in [-0.3, -0.25) is 9.48 Å². The Balaban J connectivity index is 0.00000187. The number of hydrogen-bond acceptors (Lipinski definition) is 7. The Bertz CT molecular complexity index is 1170. The van der Waals surface area contributed by atoms with Gasteiger partial charge < -0.3 is 19.9 Å². The Hall–Kier alpha value is -3.37. The maximum Gasteiger partial charge on any atom is 0.257 e. The molecule has 0 aliphatic rings. The van der Waals surface area contributed by atoms with Gasteiger partial charge in [0.25, 0.3) is 5.91 Å². The van der Waals surface area contributed by atoms with Crippen molar-refractivity contribution < 1.29 is 27.8 Å². The van der Waals surface area contributed by atoms with Crippen LogP contribution in [-0.2, 0) is 16.9 Å². The van der Waals surface area contributed by atoms with Crippen molar-refractivity contribution in [2.75, 3.05) is 18.2 Å². The maximum atomic E-state index is 12.7. The average molecular weight is 476 g/mol. The van der Waals surface area contributed by atoms with Crippen LogP contribution in [0.4, 0.5) is 5.82 Å². The van der Waals surface area contributed by atoms with E-state index in [9.17, 15) is 18.3 Å². The molecule has 2 aromatic carbocycles. The number of aliphatic hydroxyl groups excluding tert-OH is 1. The summed E-state index contributed by atoms with van der Waals surface area (Å²) in [5.41, 5.74) is 0.260. The normalized spacial score (nSPS) is 11.7. The zero-order valence-corrected chi connectivity index (χ0v) is 20.1. The van der Waals surface area contributed by atoms with Crippen LogP contribution < -0.4 is 14.8 Å². The molecule has 0 saturated carbocycles. The van der Waals surface area contributed by atoms with Gasteiger partial charge in [0.05, 0.1) is 11.5 Å². The van der Waals surface area contributed by atoms with E-state index in [1.807, 2.05) is 13.8 Å². The van der Waals surface area contributed by atoms with E-state index < -0.39 is 21.8 Å². The van der Waals surface area contributed by atoms with Crippen LogP contribution in [0.3, 0.4) is 0 Å². The number of anilines is 1. The molecule has 0 fully saturated rings. The summed E-state index contributed by atoms with van der Waals surface area (Å²) in [4.78, 5) is 12.9. The van der Waals surface area contributed by atoms with Gasteiger partial charge in [0.1, 0.15) is 23.4 Å². The number of amides is 1. The third-order valence-electron chi connectivity index (χ3n) is 4.18. The van der Waals surface area contributed by atoms with Crippen LogP contribution in [0.25, 0.3) is 0 Å². The fourth-order valence-corrected chi connectivity index (χ4v) is 3.29. The molecule has 0 saturated heterocycles. The SMILES string of the molecule is CC.CC(CO)Oc1cc(Oc2ccc(S(C)(=O)=O)cc2)cc(C(=O)Nc2ccn(C)n2)c1. The molecule has 1 heterocycles. The molecule has 1 unspecified atom stereocenters. The molecule has 1 atom stereocenters. The van der Waals surface area contributed by atoms with Gasteiger partial charge in [-0.25, -0.2) is 8.42 Å². The van der Waals surface area contributed by atoms with Crippen LogP contribution in [0, 0.1) is 0 Å². The van der Waals surface area contributed by atoms with Crippen molar-refractivity contribution in [2.24, 2.45) is 7.05 Å². The van der Waals surface area contributed by atoms with Crippen LogP contribution >= 0.6 is 0 Å². The molecule has 0 spiro atoms. The predicted molar refractivity (Wildman–Crippen MR) is 126 cm³/mol. The lowest BCUT2D eigenvalue weighted by atomic mass is 10.2. The van der Waals surface area contributed by atoms with Gasteiger partial charge in [0.2, 0.25) is 0 Å². The van der Waals surface area contributed by atoms with Gasteiger partial charge in [0.15, 0.2) is 15.7 Å². The van der Waals surface area contributed by atoms with E-state index in [4.69, 9.17) is 9.47 Å². The molecule has 0 aliphatic carbocycles. The zero-order valence-electron chi connectivity index (χ0n) is 19.3. The molecule has 3 rings (SSSR count). The lowest BCUT2D eigenvalue weighted by Gasteiger charge is -2.15. The Morgan fingerprint density at radius 2 is 1.73 bits per heavy atom. The summed E-state index contributed by atoms with van der Waals surface area (Å²) in [6.07, 6.45) is 2.33. The Labute approximate surface area is 193 Å². The predicted octanol–water partition coefficient (Wildman–Crippen LogP) is 3.65.